The van der Waals surface area contributed by atoms with Crippen LogP contribution in [-0.4, -0.2) is 27.0 Å². The van der Waals surface area contributed by atoms with E-state index in [-0.39, 0.29) is 28.4 Å². The molecule has 0 fully saturated rings. The predicted molar refractivity (Wildman–Crippen MR) is 78.2 cm³/mol. The Morgan fingerprint density at radius 2 is 1.81 bits per heavy atom. The number of pyridine rings is 1. The molecule has 21 heavy (non-hydrogen) atoms. The Bertz CT molecular complexity index is 943. The van der Waals surface area contributed by atoms with Gasteiger partial charge in [0.05, 0.1) is 28.9 Å². The van der Waals surface area contributed by atoms with Crippen LogP contribution < -0.4 is 10.2 Å². The summed E-state index contributed by atoms with van der Waals surface area (Å²) in [4.78, 5) is 12.6. The Labute approximate surface area is 119 Å². The van der Waals surface area contributed by atoms with Crippen molar-refractivity contribution in [3.05, 3.63) is 34.5 Å². The van der Waals surface area contributed by atoms with Crippen LogP contribution in [0.25, 0.3) is 21.8 Å². The van der Waals surface area contributed by atoms with Crippen LogP contribution in [0, 0.1) is 0 Å². The number of phenolic OH excluding ortho intramolecular Hbond substituents is 3. The quantitative estimate of drug-likeness (QED) is 0.594. The van der Waals surface area contributed by atoms with Crippen molar-refractivity contribution < 1.29 is 20.1 Å². The van der Waals surface area contributed by atoms with E-state index in [0.29, 0.717) is 16.4 Å². The fraction of sp³-hybridized carbons (Fsp3) is 0.133. The maximum Gasteiger partial charge on any atom is 0.201 e. The summed E-state index contributed by atoms with van der Waals surface area (Å²) in [5.41, 5.74) is 0.336. The Kier molecular flexibility index (Phi) is 2.69. The van der Waals surface area contributed by atoms with Gasteiger partial charge in [0.2, 0.25) is 5.43 Å². The fourth-order valence-corrected chi connectivity index (χ4v) is 2.63. The molecule has 3 rings (SSSR count). The minimum Gasteiger partial charge on any atom is -0.508 e. The van der Waals surface area contributed by atoms with Crippen molar-refractivity contribution in [1.29, 1.82) is 0 Å². The van der Waals surface area contributed by atoms with E-state index in [4.69, 9.17) is 4.74 Å². The standard InChI is InChI=1S/C15H13NO5/c1-16-9-5-7(17)6-11(19)12(9)14(20)8-3-4-10(18)15(21-2)13(8)16/h3-6,17-19H,1-2H3. The Morgan fingerprint density at radius 1 is 1.10 bits per heavy atom. The number of aryl methyl sites for hydroxylation is 1. The predicted octanol–water partition coefficient (Wildman–Crippen LogP) is 1.82. The van der Waals surface area contributed by atoms with E-state index >= 15 is 0 Å². The van der Waals surface area contributed by atoms with Crippen LogP contribution in [0.2, 0.25) is 0 Å². The molecule has 0 unspecified atom stereocenters. The number of ether oxygens (including phenoxy) is 1. The van der Waals surface area contributed by atoms with Crippen molar-refractivity contribution in [2.24, 2.45) is 7.05 Å². The summed E-state index contributed by atoms with van der Waals surface area (Å²) in [6.07, 6.45) is 0. The highest BCUT2D eigenvalue weighted by Crippen LogP contribution is 2.36. The SMILES string of the molecule is COc1c(O)ccc2c(=O)c3c(O)cc(O)cc3n(C)c12. The number of rotatable bonds is 1. The summed E-state index contributed by atoms with van der Waals surface area (Å²) < 4.78 is 6.76. The molecular formula is C15H13NO5. The van der Waals surface area contributed by atoms with Gasteiger partial charge in [-0.15, -0.1) is 0 Å². The van der Waals surface area contributed by atoms with E-state index in [1.54, 1.807) is 11.6 Å². The van der Waals surface area contributed by atoms with Crippen molar-refractivity contribution in [3.8, 4) is 23.0 Å². The van der Waals surface area contributed by atoms with E-state index in [2.05, 4.69) is 0 Å². The van der Waals surface area contributed by atoms with Crippen LogP contribution in [0.3, 0.4) is 0 Å². The first-order valence-corrected chi connectivity index (χ1v) is 6.20. The van der Waals surface area contributed by atoms with Gasteiger partial charge in [-0.1, -0.05) is 0 Å². The molecule has 0 spiro atoms. The van der Waals surface area contributed by atoms with Gasteiger partial charge in [-0.05, 0) is 12.1 Å². The minimum absolute atomic E-state index is 0.0938. The smallest absolute Gasteiger partial charge is 0.201 e. The maximum atomic E-state index is 12.6. The van der Waals surface area contributed by atoms with Crippen molar-refractivity contribution in [1.82, 2.24) is 4.57 Å². The molecule has 1 heterocycles. The first kappa shape index (κ1) is 13.1. The average Bonchev–Trinajstić information content (AvgIpc) is 2.43. The van der Waals surface area contributed by atoms with Gasteiger partial charge in [0.15, 0.2) is 11.5 Å². The first-order valence-electron chi connectivity index (χ1n) is 6.20. The topological polar surface area (TPSA) is 91.9 Å². The number of fused-ring (bicyclic) bond motifs is 2. The van der Waals surface area contributed by atoms with Crippen LogP contribution in [0.5, 0.6) is 23.0 Å². The molecule has 3 N–H and O–H groups in total. The van der Waals surface area contributed by atoms with Crippen LogP contribution in [0.4, 0.5) is 0 Å². The molecule has 0 bridgehead atoms. The molecule has 1 aromatic heterocycles. The number of hydrogen-bond donors (Lipinski definition) is 3. The Hall–Kier alpha value is -2.89. The fourth-order valence-electron chi connectivity index (χ4n) is 2.63. The summed E-state index contributed by atoms with van der Waals surface area (Å²) >= 11 is 0. The third-order valence-electron chi connectivity index (χ3n) is 3.56. The average molecular weight is 287 g/mol. The van der Waals surface area contributed by atoms with E-state index in [1.165, 1.54) is 25.3 Å². The van der Waals surface area contributed by atoms with Gasteiger partial charge in [-0.25, -0.2) is 0 Å². The third kappa shape index (κ3) is 1.69. The molecule has 0 amide bonds. The highest BCUT2D eigenvalue weighted by Gasteiger charge is 2.18. The normalized spacial score (nSPS) is 11.1. The van der Waals surface area contributed by atoms with Crippen LogP contribution in [0.15, 0.2) is 29.1 Å². The molecule has 0 aliphatic heterocycles. The lowest BCUT2D eigenvalue weighted by molar-refractivity contribution is 0.376. The second-order valence-electron chi connectivity index (χ2n) is 4.76. The van der Waals surface area contributed by atoms with Gasteiger partial charge >= 0.3 is 0 Å². The van der Waals surface area contributed by atoms with Crippen LogP contribution in [-0.2, 0) is 7.05 Å². The zero-order valence-electron chi connectivity index (χ0n) is 11.4. The summed E-state index contributed by atoms with van der Waals surface area (Å²) in [6.45, 7) is 0. The molecule has 0 aliphatic rings. The Balaban J connectivity index is 2.70. The van der Waals surface area contributed by atoms with E-state index in [9.17, 15) is 20.1 Å². The van der Waals surface area contributed by atoms with Crippen LogP contribution in [0.1, 0.15) is 0 Å². The Morgan fingerprint density at radius 3 is 2.48 bits per heavy atom. The largest absolute Gasteiger partial charge is 0.508 e. The molecule has 0 atom stereocenters. The number of phenols is 3. The molecule has 0 saturated carbocycles. The molecule has 2 aromatic carbocycles. The number of aromatic nitrogens is 1. The van der Waals surface area contributed by atoms with Gasteiger partial charge < -0.3 is 24.6 Å². The van der Waals surface area contributed by atoms with Gasteiger partial charge in [-0.2, -0.15) is 0 Å². The molecule has 0 saturated heterocycles. The van der Waals surface area contributed by atoms with Gasteiger partial charge in [-0.3, -0.25) is 4.79 Å². The molecule has 0 aliphatic carbocycles. The minimum atomic E-state index is -0.395. The zero-order chi connectivity index (χ0) is 15.3. The molecular weight excluding hydrogens is 274 g/mol. The lowest BCUT2D eigenvalue weighted by atomic mass is 10.1. The third-order valence-corrected chi connectivity index (χ3v) is 3.56. The van der Waals surface area contributed by atoms with E-state index < -0.39 is 5.43 Å². The summed E-state index contributed by atoms with van der Waals surface area (Å²) in [7, 11) is 3.05. The van der Waals surface area contributed by atoms with E-state index in [0.717, 1.165) is 6.07 Å². The lowest BCUT2D eigenvalue weighted by Gasteiger charge is -2.15. The number of benzene rings is 2. The first-order chi connectivity index (χ1) is 9.95. The summed E-state index contributed by atoms with van der Waals surface area (Å²) in [5.74, 6) is -0.381. The number of hydrogen-bond acceptors (Lipinski definition) is 5. The molecule has 6 nitrogen and oxygen atoms in total. The highest BCUT2D eigenvalue weighted by atomic mass is 16.5. The van der Waals surface area contributed by atoms with Gasteiger partial charge in [0.25, 0.3) is 0 Å². The van der Waals surface area contributed by atoms with Crippen molar-refractivity contribution >= 4 is 21.8 Å². The van der Waals surface area contributed by atoms with E-state index in [1.807, 2.05) is 0 Å². The maximum absolute atomic E-state index is 12.6. The monoisotopic (exact) mass is 287 g/mol. The molecule has 108 valence electrons. The second-order valence-corrected chi connectivity index (χ2v) is 4.76. The number of nitrogens with zero attached hydrogens (tertiary/aromatic N) is 1. The second kappa shape index (κ2) is 4.31. The van der Waals surface area contributed by atoms with Crippen molar-refractivity contribution in [3.63, 3.8) is 0 Å². The lowest BCUT2D eigenvalue weighted by Crippen LogP contribution is -2.10. The highest BCUT2D eigenvalue weighted by molar-refractivity contribution is 6.00. The summed E-state index contributed by atoms with van der Waals surface area (Å²) in [6, 6.07) is 5.33. The molecule has 6 heteroatoms. The molecule has 0 radical (unpaired) electrons. The molecule has 3 aromatic rings. The van der Waals surface area contributed by atoms with Crippen LogP contribution >= 0.6 is 0 Å². The van der Waals surface area contributed by atoms with Gasteiger partial charge in [0.1, 0.15) is 11.5 Å². The van der Waals surface area contributed by atoms with Crippen molar-refractivity contribution in [2.45, 2.75) is 0 Å². The van der Waals surface area contributed by atoms with Gasteiger partial charge in [0, 0.05) is 19.2 Å². The zero-order valence-corrected chi connectivity index (χ0v) is 11.4. The number of aromatic hydroxyl groups is 3. The number of methoxy groups -OCH3 is 1. The van der Waals surface area contributed by atoms with Crippen molar-refractivity contribution in [2.75, 3.05) is 7.11 Å². The summed E-state index contributed by atoms with van der Waals surface area (Å²) in [5, 5.41) is 29.8.